The number of nitrogens with zero attached hydrogens (tertiary/aromatic N) is 2. The Hall–Kier alpha value is -1.66. The van der Waals surface area contributed by atoms with Gasteiger partial charge in [0.25, 0.3) is 5.69 Å². The van der Waals surface area contributed by atoms with E-state index in [0.29, 0.717) is 36.8 Å². The fourth-order valence-electron chi connectivity index (χ4n) is 2.31. The molecular formula is C13H15ClN2O4. The summed E-state index contributed by atoms with van der Waals surface area (Å²) in [7, 11) is 0. The SMILES string of the molecule is CCOC(=O)CCN1Cc2c(Cl)ccc([N+](=O)[O-])c2C1. The summed E-state index contributed by atoms with van der Waals surface area (Å²) in [6, 6.07) is 2.98. The van der Waals surface area contributed by atoms with Crippen molar-refractivity contribution in [2.24, 2.45) is 0 Å². The van der Waals surface area contributed by atoms with Gasteiger partial charge in [-0.25, -0.2) is 0 Å². The monoisotopic (exact) mass is 298 g/mol. The van der Waals surface area contributed by atoms with Gasteiger partial charge in [-0.1, -0.05) is 11.6 Å². The molecule has 1 aromatic carbocycles. The Morgan fingerprint density at radius 3 is 2.80 bits per heavy atom. The van der Waals surface area contributed by atoms with Gasteiger partial charge in [-0.05, 0) is 18.6 Å². The number of nitro groups is 1. The molecule has 2 rings (SSSR count). The van der Waals surface area contributed by atoms with E-state index in [1.165, 1.54) is 6.07 Å². The zero-order valence-electron chi connectivity index (χ0n) is 11.1. The van der Waals surface area contributed by atoms with E-state index < -0.39 is 4.92 Å². The lowest BCUT2D eigenvalue weighted by Crippen LogP contribution is -2.21. The lowest BCUT2D eigenvalue weighted by atomic mass is 10.1. The molecule has 0 fully saturated rings. The molecule has 7 heteroatoms. The van der Waals surface area contributed by atoms with Crippen LogP contribution in [0.5, 0.6) is 0 Å². The number of ether oxygens (including phenoxy) is 1. The average Bonchev–Trinajstić information content (AvgIpc) is 2.81. The average molecular weight is 299 g/mol. The van der Waals surface area contributed by atoms with Gasteiger partial charge in [0.1, 0.15) is 0 Å². The number of esters is 1. The van der Waals surface area contributed by atoms with Crippen LogP contribution in [-0.4, -0.2) is 28.9 Å². The molecule has 1 heterocycles. The maximum absolute atomic E-state index is 11.3. The van der Waals surface area contributed by atoms with Gasteiger partial charge in [-0.15, -0.1) is 0 Å². The van der Waals surface area contributed by atoms with Gasteiger partial charge >= 0.3 is 5.97 Å². The lowest BCUT2D eigenvalue weighted by Gasteiger charge is -2.13. The number of fused-ring (bicyclic) bond motifs is 1. The van der Waals surface area contributed by atoms with Crippen molar-refractivity contribution in [3.63, 3.8) is 0 Å². The molecule has 0 saturated heterocycles. The molecule has 0 aliphatic carbocycles. The molecule has 0 aromatic heterocycles. The van der Waals surface area contributed by atoms with Crippen LogP contribution >= 0.6 is 11.6 Å². The first-order valence-electron chi connectivity index (χ1n) is 6.35. The Morgan fingerprint density at radius 2 is 2.15 bits per heavy atom. The Kier molecular flexibility index (Phi) is 4.57. The largest absolute Gasteiger partial charge is 0.466 e. The number of hydrogen-bond acceptors (Lipinski definition) is 5. The Bertz CT molecular complexity index is 547. The number of rotatable bonds is 5. The molecule has 1 aliphatic rings. The number of carbonyl (C=O) groups excluding carboxylic acids is 1. The highest BCUT2D eigenvalue weighted by molar-refractivity contribution is 6.31. The molecule has 0 amide bonds. The van der Waals surface area contributed by atoms with E-state index in [4.69, 9.17) is 16.3 Å². The van der Waals surface area contributed by atoms with Crippen LogP contribution in [0.15, 0.2) is 12.1 Å². The summed E-state index contributed by atoms with van der Waals surface area (Å²) in [5, 5.41) is 11.5. The summed E-state index contributed by atoms with van der Waals surface area (Å²) < 4.78 is 4.86. The molecule has 0 radical (unpaired) electrons. The number of halogens is 1. The second-order valence-electron chi connectivity index (χ2n) is 4.55. The van der Waals surface area contributed by atoms with Gasteiger partial charge in [0.05, 0.1) is 18.0 Å². The molecule has 0 saturated carbocycles. The van der Waals surface area contributed by atoms with Crippen molar-refractivity contribution in [3.05, 3.63) is 38.4 Å². The molecule has 0 unspecified atom stereocenters. The molecule has 6 nitrogen and oxygen atoms in total. The highest BCUT2D eigenvalue weighted by atomic mass is 35.5. The molecule has 20 heavy (non-hydrogen) atoms. The fraction of sp³-hybridized carbons (Fsp3) is 0.462. The molecular weight excluding hydrogens is 284 g/mol. The topological polar surface area (TPSA) is 72.7 Å². The van der Waals surface area contributed by atoms with Crippen LogP contribution in [0.3, 0.4) is 0 Å². The van der Waals surface area contributed by atoms with Crippen molar-refractivity contribution in [1.82, 2.24) is 4.90 Å². The lowest BCUT2D eigenvalue weighted by molar-refractivity contribution is -0.385. The maximum atomic E-state index is 11.3. The molecule has 1 aromatic rings. The number of carbonyl (C=O) groups is 1. The van der Waals surface area contributed by atoms with Gasteiger partial charge in [0, 0.05) is 36.3 Å². The number of hydrogen-bond donors (Lipinski definition) is 0. The third kappa shape index (κ3) is 3.08. The van der Waals surface area contributed by atoms with Gasteiger partial charge < -0.3 is 4.74 Å². The van der Waals surface area contributed by atoms with Gasteiger partial charge in [-0.2, -0.15) is 0 Å². The summed E-state index contributed by atoms with van der Waals surface area (Å²) in [5.41, 5.74) is 1.51. The van der Waals surface area contributed by atoms with E-state index in [1.54, 1.807) is 13.0 Å². The number of benzene rings is 1. The van der Waals surface area contributed by atoms with E-state index in [2.05, 4.69) is 0 Å². The highest BCUT2D eigenvalue weighted by Crippen LogP contribution is 2.35. The predicted molar refractivity (Wildman–Crippen MR) is 73.5 cm³/mol. The van der Waals surface area contributed by atoms with Gasteiger partial charge in [-0.3, -0.25) is 19.8 Å². The minimum Gasteiger partial charge on any atom is -0.466 e. The van der Waals surface area contributed by atoms with Crippen LogP contribution in [0.2, 0.25) is 5.02 Å². The van der Waals surface area contributed by atoms with Crippen molar-refractivity contribution in [2.45, 2.75) is 26.4 Å². The van der Waals surface area contributed by atoms with Crippen LogP contribution in [-0.2, 0) is 22.6 Å². The first kappa shape index (κ1) is 14.7. The van der Waals surface area contributed by atoms with Crippen molar-refractivity contribution in [3.8, 4) is 0 Å². The van der Waals surface area contributed by atoms with E-state index in [9.17, 15) is 14.9 Å². The Morgan fingerprint density at radius 1 is 1.45 bits per heavy atom. The minimum atomic E-state index is -0.399. The highest BCUT2D eigenvalue weighted by Gasteiger charge is 2.28. The summed E-state index contributed by atoms with van der Waals surface area (Å²) in [6.07, 6.45) is 0.271. The smallest absolute Gasteiger partial charge is 0.307 e. The first-order chi connectivity index (χ1) is 9.52. The second-order valence-corrected chi connectivity index (χ2v) is 4.95. The third-order valence-electron chi connectivity index (χ3n) is 3.25. The van der Waals surface area contributed by atoms with E-state index in [1.807, 2.05) is 4.90 Å². The van der Waals surface area contributed by atoms with Crippen LogP contribution < -0.4 is 0 Å². The molecule has 0 N–H and O–H groups in total. The second kappa shape index (κ2) is 6.19. The van der Waals surface area contributed by atoms with Crippen molar-refractivity contribution in [1.29, 1.82) is 0 Å². The quantitative estimate of drug-likeness (QED) is 0.474. The Labute approximate surface area is 121 Å². The van der Waals surface area contributed by atoms with Crippen molar-refractivity contribution < 1.29 is 14.5 Å². The van der Waals surface area contributed by atoms with Gasteiger partial charge in [0.2, 0.25) is 0 Å². The summed E-state index contributed by atoms with van der Waals surface area (Å²) in [4.78, 5) is 23.9. The van der Waals surface area contributed by atoms with Gasteiger partial charge in [0.15, 0.2) is 0 Å². The van der Waals surface area contributed by atoms with Crippen LogP contribution in [0.4, 0.5) is 5.69 Å². The van der Waals surface area contributed by atoms with E-state index in [-0.39, 0.29) is 18.1 Å². The predicted octanol–water partition coefficient (Wildman–Crippen LogP) is 2.52. The van der Waals surface area contributed by atoms with E-state index in [0.717, 1.165) is 5.56 Å². The summed E-state index contributed by atoms with van der Waals surface area (Å²) in [6.45, 7) is 3.57. The normalized spacial score (nSPS) is 14.1. The number of nitro benzene ring substituents is 1. The zero-order valence-corrected chi connectivity index (χ0v) is 11.9. The maximum Gasteiger partial charge on any atom is 0.307 e. The summed E-state index contributed by atoms with van der Waals surface area (Å²) in [5.74, 6) is -0.260. The molecule has 0 spiro atoms. The van der Waals surface area contributed by atoms with Crippen molar-refractivity contribution >= 4 is 23.3 Å². The van der Waals surface area contributed by atoms with Crippen molar-refractivity contribution in [2.75, 3.05) is 13.2 Å². The van der Waals surface area contributed by atoms with Crippen LogP contribution in [0.25, 0.3) is 0 Å². The summed E-state index contributed by atoms with van der Waals surface area (Å²) >= 11 is 6.08. The molecule has 0 bridgehead atoms. The van der Waals surface area contributed by atoms with E-state index >= 15 is 0 Å². The Balaban J connectivity index is 2.07. The standard InChI is InChI=1S/C13H15ClN2O4/c1-2-20-13(17)5-6-15-7-9-10(8-15)12(16(18)19)4-3-11(9)14/h3-4H,2,5-8H2,1H3. The minimum absolute atomic E-state index is 0.0861. The molecule has 1 aliphatic heterocycles. The van der Waals surface area contributed by atoms with Crippen LogP contribution in [0.1, 0.15) is 24.5 Å². The molecule has 108 valence electrons. The van der Waals surface area contributed by atoms with Crippen LogP contribution in [0, 0.1) is 10.1 Å². The fourth-order valence-corrected chi connectivity index (χ4v) is 2.55. The first-order valence-corrected chi connectivity index (χ1v) is 6.73. The third-order valence-corrected chi connectivity index (χ3v) is 3.60. The zero-order chi connectivity index (χ0) is 14.7. The molecule has 0 atom stereocenters.